The average Bonchev–Trinajstić information content (AvgIpc) is 3.16. The van der Waals surface area contributed by atoms with E-state index in [1.165, 1.54) is 0 Å². The molecule has 2 aliphatic rings. The van der Waals surface area contributed by atoms with Crippen LogP contribution in [0.2, 0.25) is 0 Å². The maximum Gasteiger partial charge on any atom is 2.00 e. The topological polar surface area (TPSA) is 17.1 Å². The van der Waals surface area contributed by atoms with Crippen LogP contribution < -0.4 is 0 Å². The molecule has 0 amide bonds. The van der Waals surface area contributed by atoms with Crippen LogP contribution in [0.15, 0.2) is 30.3 Å². The van der Waals surface area contributed by atoms with Gasteiger partial charge < -0.3 is 0 Å². The molecule has 2 saturated carbocycles. The van der Waals surface area contributed by atoms with Gasteiger partial charge in [-0.2, -0.15) is 0 Å². The Morgan fingerprint density at radius 1 is 0.750 bits per heavy atom. The maximum absolute atomic E-state index is 11.7. The van der Waals surface area contributed by atoms with Crippen LogP contribution >= 0.6 is 0 Å². The third-order valence-electron chi connectivity index (χ3n) is 2.75. The summed E-state index contributed by atoms with van der Waals surface area (Å²) in [6.07, 6.45) is 18.0. The zero-order valence-electron chi connectivity index (χ0n) is 11.1. The van der Waals surface area contributed by atoms with Crippen LogP contribution in [0.1, 0.15) is 5.56 Å². The number of benzene rings is 1. The number of ketones is 1. The molecule has 10 radical (unpaired) electrons. The third kappa shape index (κ3) is 6.24. The Labute approximate surface area is 134 Å². The quantitative estimate of drug-likeness (QED) is 0.784. The zero-order valence-corrected chi connectivity index (χ0v) is 12.2. The molecule has 0 aliphatic heterocycles. The van der Waals surface area contributed by atoms with E-state index in [-0.39, 0.29) is 22.9 Å². The molecule has 1 aromatic rings. The summed E-state index contributed by atoms with van der Waals surface area (Å²) < 4.78 is 0. The number of hydrogen-bond donors (Lipinski definition) is 0. The number of Topliss-reactive ketones (excluding diaryl/α,β-unsaturated/α-hetero) is 1. The summed E-state index contributed by atoms with van der Waals surface area (Å²) in [7, 11) is 0. The van der Waals surface area contributed by atoms with Crippen molar-refractivity contribution in [1.82, 2.24) is 0 Å². The van der Waals surface area contributed by atoms with Crippen LogP contribution in [0.4, 0.5) is 0 Å². The smallest absolute Gasteiger partial charge is 0.299 e. The fourth-order valence-corrected chi connectivity index (χ4v) is 1.76. The van der Waals surface area contributed by atoms with Gasteiger partial charge >= 0.3 is 17.1 Å². The molecule has 0 heterocycles. The monoisotopic (exact) mass is 304 g/mol. The molecule has 0 N–H and O–H groups in total. The van der Waals surface area contributed by atoms with E-state index >= 15 is 0 Å². The van der Waals surface area contributed by atoms with E-state index in [1.807, 2.05) is 88.1 Å². The maximum atomic E-state index is 11.7. The van der Waals surface area contributed by atoms with Crippen LogP contribution in [0.5, 0.6) is 0 Å². The number of hydrogen-bond acceptors (Lipinski definition) is 1. The third-order valence-corrected chi connectivity index (χ3v) is 2.75. The van der Waals surface area contributed by atoms with Gasteiger partial charge in [-0.25, -0.2) is 0 Å². The van der Waals surface area contributed by atoms with Crippen molar-refractivity contribution in [3.8, 4) is 0 Å². The summed E-state index contributed by atoms with van der Waals surface area (Å²) in [5, 5.41) is 0. The first-order valence-electron chi connectivity index (χ1n) is 6.32. The first kappa shape index (κ1) is 17.5. The van der Waals surface area contributed by atoms with Crippen molar-refractivity contribution in [1.29, 1.82) is 0 Å². The molecule has 0 spiro atoms. The molecule has 0 aromatic heterocycles. The van der Waals surface area contributed by atoms with Crippen LogP contribution in [-0.4, -0.2) is 5.78 Å². The Hall–Kier alpha value is -0.591. The van der Waals surface area contributed by atoms with Gasteiger partial charge in [-0.1, -0.05) is 30.3 Å². The molecular formula is C18H16FeO+2. The molecule has 2 aliphatic carbocycles. The molecule has 0 atom stereocenters. The second kappa shape index (κ2) is 10.2. The van der Waals surface area contributed by atoms with Crippen molar-refractivity contribution in [2.75, 3.05) is 0 Å². The van der Waals surface area contributed by atoms with Gasteiger partial charge in [0.15, 0.2) is 0 Å². The van der Waals surface area contributed by atoms with Crippen molar-refractivity contribution in [3.63, 3.8) is 0 Å². The first-order valence-corrected chi connectivity index (χ1v) is 6.32. The van der Waals surface area contributed by atoms with Gasteiger partial charge in [0, 0.05) is 12.3 Å². The molecule has 0 bridgehead atoms. The average molecular weight is 304 g/mol. The van der Waals surface area contributed by atoms with E-state index in [9.17, 15) is 4.79 Å². The Bertz CT molecular complexity index is 357. The predicted molar refractivity (Wildman–Crippen MR) is 77.1 cm³/mol. The Morgan fingerprint density at radius 2 is 1.25 bits per heavy atom. The minimum Gasteiger partial charge on any atom is -0.299 e. The SMILES string of the molecule is O=C(Cc1ccccc1)[C]1[CH][CH][CH][CH]1.[CH]1[CH][CH][CH][CH]1.[Fe+2]. The molecule has 100 valence electrons. The first-order chi connectivity index (χ1) is 9.36. The van der Waals surface area contributed by atoms with Crippen LogP contribution in [0.3, 0.4) is 0 Å². The summed E-state index contributed by atoms with van der Waals surface area (Å²) in [6.45, 7) is 0. The van der Waals surface area contributed by atoms with Crippen LogP contribution in [0, 0.1) is 63.7 Å². The molecule has 0 unspecified atom stereocenters. The van der Waals surface area contributed by atoms with E-state index in [0.29, 0.717) is 6.42 Å². The Balaban J connectivity index is 0.000000283. The van der Waals surface area contributed by atoms with E-state index < -0.39 is 0 Å². The molecule has 1 aromatic carbocycles. The minimum absolute atomic E-state index is 0. The Morgan fingerprint density at radius 3 is 1.75 bits per heavy atom. The fraction of sp³-hybridized carbons (Fsp3) is 0.0556. The van der Waals surface area contributed by atoms with Crippen molar-refractivity contribution in [2.45, 2.75) is 6.42 Å². The van der Waals surface area contributed by atoms with E-state index in [2.05, 4.69) is 0 Å². The summed E-state index contributed by atoms with van der Waals surface area (Å²) >= 11 is 0. The number of carbonyl (C=O) groups excluding carboxylic acids is 1. The second-order valence-electron chi connectivity index (χ2n) is 4.22. The molecule has 1 nitrogen and oxygen atoms in total. The number of carbonyl (C=O) groups is 1. The molecule has 20 heavy (non-hydrogen) atoms. The number of rotatable bonds is 3. The van der Waals surface area contributed by atoms with Crippen LogP contribution in [-0.2, 0) is 28.3 Å². The van der Waals surface area contributed by atoms with Crippen molar-refractivity contribution >= 4 is 5.78 Å². The standard InChI is InChI=1S/C13H11O.C5H5.Fe/c14-13(12-8-4-5-9-12)10-11-6-2-1-3-7-11;1-2-4-5-3-1;/h1-9H,10H2;1-5H;/q;;+2. The predicted octanol–water partition coefficient (Wildman–Crippen LogP) is 3.22. The van der Waals surface area contributed by atoms with Crippen molar-refractivity contribution in [2.24, 2.45) is 0 Å². The zero-order chi connectivity index (χ0) is 13.3. The van der Waals surface area contributed by atoms with Gasteiger partial charge in [0.2, 0.25) is 0 Å². The van der Waals surface area contributed by atoms with Gasteiger partial charge in [-0.05, 0) is 63.4 Å². The molecular weight excluding hydrogens is 288 g/mol. The molecule has 3 rings (SSSR count). The van der Waals surface area contributed by atoms with E-state index in [1.54, 1.807) is 0 Å². The summed E-state index contributed by atoms with van der Waals surface area (Å²) in [4.78, 5) is 11.7. The van der Waals surface area contributed by atoms with Gasteiger partial charge in [0.05, 0.1) is 0 Å². The Kier molecular flexibility index (Phi) is 8.89. The summed E-state index contributed by atoms with van der Waals surface area (Å²) in [5.74, 6) is 0.982. The second-order valence-corrected chi connectivity index (χ2v) is 4.22. The van der Waals surface area contributed by atoms with Crippen molar-refractivity contribution < 1.29 is 21.9 Å². The summed E-state index contributed by atoms with van der Waals surface area (Å²) in [6, 6.07) is 9.80. The molecule has 2 fully saturated rings. The summed E-state index contributed by atoms with van der Waals surface area (Å²) in [5.41, 5.74) is 1.07. The van der Waals surface area contributed by atoms with Gasteiger partial charge in [-0.15, -0.1) is 0 Å². The van der Waals surface area contributed by atoms with E-state index in [4.69, 9.17) is 0 Å². The molecule has 2 heteroatoms. The fourth-order valence-electron chi connectivity index (χ4n) is 1.76. The van der Waals surface area contributed by atoms with Crippen molar-refractivity contribution in [3.05, 3.63) is 99.6 Å². The molecule has 0 saturated heterocycles. The van der Waals surface area contributed by atoms with Crippen LogP contribution in [0.25, 0.3) is 0 Å². The minimum atomic E-state index is 0. The van der Waals surface area contributed by atoms with Gasteiger partial charge in [-0.3, -0.25) is 4.79 Å². The van der Waals surface area contributed by atoms with E-state index in [0.717, 1.165) is 11.5 Å². The van der Waals surface area contributed by atoms with Gasteiger partial charge in [0.25, 0.3) is 0 Å². The van der Waals surface area contributed by atoms with Gasteiger partial charge in [0.1, 0.15) is 5.78 Å². The normalized spacial score (nSPS) is 18.0. The largest absolute Gasteiger partial charge is 2.00 e.